The third-order valence-electron chi connectivity index (χ3n) is 5.36. The van der Waals surface area contributed by atoms with Crippen molar-refractivity contribution in [2.45, 2.75) is 58.3 Å². The van der Waals surface area contributed by atoms with Gasteiger partial charge in [-0.1, -0.05) is 0 Å². The van der Waals surface area contributed by atoms with Crippen LogP contribution in [0.4, 0.5) is 27.8 Å². The Kier molecular flexibility index (Phi) is 7.74. The fourth-order valence-electron chi connectivity index (χ4n) is 3.52. The fraction of sp³-hybridized carbons (Fsp3) is 0.524. The number of thiazole rings is 1. The first-order chi connectivity index (χ1) is 15.9. The van der Waals surface area contributed by atoms with Crippen molar-refractivity contribution in [1.82, 2.24) is 14.9 Å². The number of nitrogens with one attached hydrogen (secondary N) is 1. The second-order valence-electron chi connectivity index (χ2n) is 7.77. The zero-order valence-electron chi connectivity index (χ0n) is 18.6. The number of esters is 1. The van der Waals surface area contributed by atoms with Crippen LogP contribution >= 0.6 is 11.3 Å². The zero-order chi connectivity index (χ0) is 25.2. The molecule has 3 rings (SSSR count). The maximum absolute atomic E-state index is 14.0. The molecule has 34 heavy (non-hydrogen) atoms. The lowest BCUT2D eigenvalue weighted by atomic mass is 10.1. The average Bonchev–Trinajstić information content (AvgIpc) is 3.39. The van der Waals surface area contributed by atoms with Gasteiger partial charge in [0.1, 0.15) is 17.6 Å². The zero-order valence-corrected chi connectivity index (χ0v) is 19.4. The van der Waals surface area contributed by atoms with Gasteiger partial charge in [-0.2, -0.15) is 13.2 Å². The van der Waals surface area contributed by atoms with Crippen LogP contribution in [0.1, 0.15) is 65.9 Å². The molecule has 7 nitrogen and oxygen atoms in total. The van der Waals surface area contributed by atoms with Crippen LogP contribution in [-0.2, 0) is 4.74 Å². The maximum Gasteiger partial charge on any atom is 0.408 e. The van der Waals surface area contributed by atoms with Crippen molar-refractivity contribution >= 4 is 29.0 Å². The molecule has 2 atom stereocenters. The number of likely N-dealkylation sites (tertiary alicyclic amines) is 1. The molecule has 2 aromatic rings. The van der Waals surface area contributed by atoms with Gasteiger partial charge in [0.2, 0.25) is 5.01 Å². The van der Waals surface area contributed by atoms with E-state index in [-0.39, 0.29) is 33.8 Å². The van der Waals surface area contributed by atoms with Gasteiger partial charge < -0.3 is 15.0 Å². The number of nitrogens with zero attached hydrogens (tertiary/aromatic N) is 3. The maximum atomic E-state index is 14.0. The predicted molar refractivity (Wildman–Crippen MR) is 115 cm³/mol. The smallest absolute Gasteiger partial charge is 0.408 e. The van der Waals surface area contributed by atoms with E-state index in [1.54, 1.807) is 11.8 Å². The number of carbonyl (C=O) groups excluding carboxylic acids is 2. The second-order valence-corrected chi connectivity index (χ2v) is 8.77. The van der Waals surface area contributed by atoms with E-state index in [1.165, 1.54) is 0 Å². The SMILES string of the molecule is CCOC(=O)c1nc(C(=O)N2CCCC2C)c(-c2cnc(NC(C)C(F)(F)F)cc2C(F)F)s1. The molecule has 0 spiro atoms. The molecule has 1 fully saturated rings. The average molecular weight is 506 g/mol. The van der Waals surface area contributed by atoms with Gasteiger partial charge in [0.25, 0.3) is 12.3 Å². The summed E-state index contributed by atoms with van der Waals surface area (Å²) >= 11 is 0.698. The molecule has 0 aliphatic carbocycles. The molecule has 2 aromatic heterocycles. The summed E-state index contributed by atoms with van der Waals surface area (Å²) in [5.41, 5.74) is -1.03. The molecule has 1 aliphatic heterocycles. The Hall–Kier alpha value is -2.83. The van der Waals surface area contributed by atoms with Gasteiger partial charge >= 0.3 is 12.1 Å². The fourth-order valence-corrected chi connectivity index (χ4v) is 4.51. The lowest BCUT2D eigenvalue weighted by Crippen LogP contribution is -2.34. The highest BCUT2D eigenvalue weighted by molar-refractivity contribution is 7.17. The summed E-state index contributed by atoms with van der Waals surface area (Å²) < 4.78 is 71.5. The van der Waals surface area contributed by atoms with Crippen molar-refractivity contribution < 1.29 is 36.3 Å². The van der Waals surface area contributed by atoms with E-state index < -0.39 is 41.9 Å². The highest BCUT2D eigenvalue weighted by Gasteiger charge is 2.37. The van der Waals surface area contributed by atoms with Crippen molar-refractivity contribution in [3.63, 3.8) is 0 Å². The van der Waals surface area contributed by atoms with Gasteiger partial charge in [-0.3, -0.25) is 4.79 Å². The molecule has 0 bridgehead atoms. The van der Waals surface area contributed by atoms with Crippen LogP contribution in [0.3, 0.4) is 0 Å². The molecule has 13 heteroatoms. The number of hydrogen-bond acceptors (Lipinski definition) is 7. The Balaban J connectivity index is 2.09. The normalized spacial score (nSPS) is 17.2. The number of ether oxygens (including phenoxy) is 1. The molecular formula is C21H23F5N4O3S. The van der Waals surface area contributed by atoms with E-state index in [0.29, 0.717) is 17.9 Å². The molecule has 186 valence electrons. The van der Waals surface area contributed by atoms with Crippen molar-refractivity contribution in [2.24, 2.45) is 0 Å². The molecule has 1 amide bonds. The lowest BCUT2D eigenvalue weighted by Gasteiger charge is -2.21. The second kappa shape index (κ2) is 10.2. The van der Waals surface area contributed by atoms with Crippen LogP contribution in [0.15, 0.2) is 12.3 Å². The first-order valence-electron chi connectivity index (χ1n) is 10.5. The van der Waals surface area contributed by atoms with E-state index in [1.807, 2.05) is 6.92 Å². The molecule has 1 aliphatic rings. The third kappa shape index (κ3) is 5.45. The van der Waals surface area contributed by atoms with E-state index in [0.717, 1.165) is 32.0 Å². The minimum Gasteiger partial charge on any atom is -0.461 e. The summed E-state index contributed by atoms with van der Waals surface area (Å²) in [4.78, 5) is 35.0. The monoisotopic (exact) mass is 506 g/mol. The third-order valence-corrected chi connectivity index (χ3v) is 6.43. The summed E-state index contributed by atoms with van der Waals surface area (Å²) in [6.07, 6.45) is -5.22. The van der Waals surface area contributed by atoms with Gasteiger partial charge in [0, 0.05) is 29.9 Å². The van der Waals surface area contributed by atoms with Crippen LogP contribution in [0.5, 0.6) is 0 Å². The summed E-state index contributed by atoms with van der Waals surface area (Å²) in [6.45, 7) is 4.75. The molecule has 2 unspecified atom stereocenters. The quantitative estimate of drug-likeness (QED) is 0.405. The number of rotatable bonds is 7. The van der Waals surface area contributed by atoms with Crippen LogP contribution < -0.4 is 5.32 Å². The molecule has 0 saturated carbocycles. The highest BCUT2D eigenvalue weighted by atomic mass is 32.1. The summed E-state index contributed by atoms with van der Waals surface area (Å²) in [5, 5.41) is 1.86. The minimum absolute atomic E-state index is 0.0228. The standard InChI is InChI=1S/C21H23F5N4O3S/c1-4-33-20(32)18-29-15(19(31)30-7-5-6-10(30)2)16(34-18)13-9-27-14(8-12(13)17(22)23)28-11(3)21(24,25)26/h8-11,17H,4-7H2,1-3H3,(H,27,28). The summed E-state index contributed by atoms with van der Waals surface area (Å²) in [5.74, 6) is -1.74. The Morgan fingerprint density at radius 1 is 1.35 bits per heavy atom. The van der Waals surface area contributed by atoms with E-state index >= 15 is 0 Å². The summed E-state index contributed by atoms with van der Waals surface area (Å²) in [7, 11) is 0. The number of pyridine rings is 1. The molecule has 3 heterocycles. The minimum atomic E-state index is -4.61. The van der Waals surface area contributed by atoms with Crippen molar-refractivity contribution in [3.05, 3.63) is 28.5 Å². The largest absolute Gasteiger partial charge is 0.461 e. The number of hydrogen-bond donors (Lipinski definition) is 1. The molecule has 1 N–H and O–H groups in total. The molecule has 0 radical (unpaired) electrons. The number of anilines is 1. The van der Waals surface area contributed by atoms with Crippen LogP contribution in [-0.4, -0.2) is 58.2 Å². The number of halogens is 5. The first kappa shape index (κ1) is 25.8. The van der Waals surface area contributed by atoms with Crippen LogP contribution in [0.25, 0.3) is 10.4 Å². The van der Waals surface area contributed by atoms with E-state index in [9.17, 15) is 31.5 Å². The van der Waals surface area contributed by atoms with Gasteiger partial charge in [-0.25, -0.2) is 23.5 Å². The van der Waals surface area contributed by atoms with E-state index in [4.69, 9.17) is 4.74 Å². The topological polar surface area (TPSA) is 84.4 Å². The first-order valence-corrected chi connectivity index (χ1v) is 11.4. The van der Waals surface area contributed by atoms with Crippen LogP contribution in [0.2, 0.25) is 0 Å². The highest BCUT2D eigenvalue weighted by Crippen LogP contribution is 2.39. The number of carbonyl (C=O) groups is 2. The Morgan fingerprint density at radius 3 is 2.62 bits per heavy atom. The Bertz CT molecular complexity index is 1060. The number of aromatic nitrogens is 2. The Morgan fingerprint density at radius 2 is 2.06 bits per heavy atom. The number of alkyl halides is 5. The number of amides is 1. The molecule has 1 saturated heterocycles. The van der Waals surface area contributed by atoms with Gasteiger partial charge in [0.05, 0.1) is 11.5 Å². The van der Waals surface area contributed by atoms with Crippen molar-refractivity contribution in [2.75, 3.05) is 18.5 Å². The molecular weight excluding hydrogens is 483 g/mol. The van der Waals surface area contributed by atoms with Crippen molar-refractivity contribution in [1.29, 1.82) is 0 Å². The van der Waals surface area contributed by atoms with Crippen molar-refractivity contribution in [3.8, 4) is 10.4 Å². The van der Waals surface area contributed by atoms with Gasteiger partial charge in [-0.05, 0) is 39.7 Å². The van der Waals surface area contributed by atoms with Gasteiger partial charge in [0.15, 0.2) is 0 Å². The molecule has 0 aromatic carbocycles. The van der Waals surface area contributed by atoms with E-state index in [2.05, 4.69) is 15.3 Å². The van der Waals surface area contributed by atoms with Gasteiger partial charge in [-0.15, -0.1) is 11.3 Å². The van der Waals surface area contributed by atoms with Crippen LogP contribution in [0, 0.1) is 0 Å². The predicted octanol–water partition coefficient (Wildman–Crippen LogP) is 5.31. The lowest BCUT2D eigenvalue weighted by molar-refractivity contribution is -0.138. The Labute approximate surface area is 196 Å². The summed E-state index contributed by atoms with van der Waals surface area (Å²) in [6, 6.07) is -1.32.